The highest BCUT2D eigenvalue weighted by Crippen LogP contribution is 2.37. The van der Waals surface area contributed by atoms with Gasteiger partial charge in [0.2, 0.25) is 0 Å². The number of halogens is 2. The van der Waals surface area contributed by atoms with Crippen LogP contribution in [0.25, 0.3) is 16.3 Å². The Kier molecular flexibility index (Phi) is 3.79. The summed E-state index contributed by atoms with van der Waals surface area (Å²) in [7, 11) is 0. The van der Waals surface area contributed by atoms with E-state index in [4.69, 9.17) is 23.2 Å². The molecule has 4 nitrogen and oxygen atoms in total. The molecule has 0 atom stereocenters. The molecule has 1 aliphatic heterocycles. The normalized spacial score (nSPS) is 14.7. The van der Waals surface area contributed by atoms with Gasteiger partial charge < -0.3 is 0 Å². The van der Waals surface area contributed by atoms with E-state index in [1.807, 2.05) is 24.3 Å². The number of amides is 2. The number of fused-ring (bicyclic) bond motifs is 1. The molecule has 0 N–H and O–H groups in total. The Balaban J connectivity index is 1.85. The Morgan fingerprint density at radius 3 is 2.32 bits per heavy atom. The average molecular weight is 369 g/mol. The van der Waals surface area contributed by atoms with E-state index in [2.05, 4.69) is 4.98 Å². The molecule has 4 rings (SSSR count). The highest BCUT2D eigenvalue weighted by molar-refractivity contribution is 6.60. The minimum atomic E-state index is -0.560. The fourth-order valence-corrected chi connectivity index (χ4v) is 3.27. The molecule has 0 radical (unpaired) electrons. The summed E-state index contributed by atoms with van der Waals surface area (Å²) < 4.78 is 0. The molecule has 1 aromatic heterocycles. The molecule has 6 heteroatoms. The van der Waals surface area contributed by atoms with Gasteiger partial charge >= 0.3 is 0 Å². The zero-order chi connectivity index (χ0) is 17.6. The molecule has 0 aliphatic carbocycles. The third kappa shape index (κ3) is 2.51. The van der Waals surface area contributed by atoms with Crippen molar-refractivity contribution >= 4 is 57.0 Å². The Morgan fingerprint density at radius 2 is 1.56 bits per heavy atom. The molecule has 2 heterocycles. The maximum absolute atomic E-state index is 13.0. The van der Waals surface area contributed by atoms with E-state index in [-0.39, 0.29) is 10.6 Å². The predicted octanol–water partition coefficient (Wildman–Crippen LogP) is 4.41. The lowest BCUT2D eigenvalue weighted by molar-refractivity contribution is -0.119. The molecule has 25 heavy (non-hydrogen) atoms. The summed E-state index contributed by atoms with van der Waals surface area (Å²) >= 11 is 12.1. The van der Waals surface area contributed by atoms with Crippen LogP contribution in [-0.4, -0.2) is 16.8 Å². The van der Waals surface area contributed by atoms with Crippen LogP contribution in [0.2, 0.25) is 5.02 Å². The number of anilines is 1. The first kappa shape index (κ1) is 15.8. The summed E-state index contributed by atoms with van der Waals surface area (Å²) in [6, 6.07) is 14.0. The van der Waals surface area contributed by atoms with Crippen LogP contribution in [-0.2, 0) is 9.59 Å². The van der Waals surface area contributed by atoms with Crippen molar-refractivity contribution in [1.29, 1.82) is 0 Å². The number of rotatable bonds is 2. The van der Waals surface area contributed by atoms with Crippen LogP contribution in [0.3, 0.4) is 0 Å². The summed E-state index contributed by atoms with van der Waals surface area (Å²) in [5.74, 6) is -1.04. The minimum Gasteiger partial charge on any atom is -0.268 e. The third-order valence-electron chi connectivity index (χ3n) is 4.05. The van der Waals surface area contributed by atoms with E-state index in [1.54, 1.807) is 30.5 Å². The van der Waals surface area contributed by atoms with Gasteiger partial charge in [0.15, 0.2) is 0 Å². The molecule has 3 aromatic rings. The summed E-state index contributed by atoms with van der Waals surface area (Å²) in [4.78, 5) is 30.8. The van der Waals surface area contributed by atoms with E-state index in [9.17, 15) is 9.59 Å². The second kappa shape index (κ2) is 5.99. The maximum Gasteiger partial charge on any atom is 0.277 e. The average Bonchev–Trinajstić information content (AvgIpc) is 2.85. The van der Waals surface area contributed by atoms with E-state index >= 15 is 0 Å². The van der Waals surface area contributed by atoms with Crippen molar-refractivity contribution in [2.75, 3.05) is 4.90 Å². The number of carbonyl (C=O) groups excluding carboxylic acids is 2. The maximum atomic E-state index is 13.0. The number of imide groups is 1. The second-order valence-electron chi connectivity index (χ2n) is 5.52. The first-order valence-corrected chi connectivity index (χ1v) is 8.21. The topological polar surface area (TPSA) is 50.3 Å². The van der Waals surface area contributed by atoms with Crippen molar-refractivity contribution in [1.82, 2.24) is 4.98 Å². The molecule has 0 fully saturated rings. The van der Waals surface area contributed by atoms with Crippen LogP contribution in [0.4, 0.5) is 5.69 Å². The number of hydrogen-bond donors (Lipinski definition) is 0. The number of aromatic nitrogens is 1. The highest BCUT2D eigenvalue weighted by Gasteiger charge is 2.39. The Labute approximate surface area is 153 Å². The van der Waals surface area contributed by atoms with Crippen LogP contribution in [0.1, 0.15) is 5.56 Å². The van der Waals surface area contributed by atoms with Crippen molar-refractivity contribution < 1.29 is 9.59 Å². The molecule has 0 saturated carbocycles. The quantitative estimate of drug-likeness (QED) is 0.629. The van der Waals surface area contributed by atoms with Gasteiger partial charge in [0.05, 0.1) is 17.5 Å². The number of pyridine rings is 1. The lowest BCUT2D eigenvalue weighted by Gasteiger charge is -2.16. The van der Waals surface area contributed by atoms with Gasteiger partial charge in [-0.05, 0) is 17.7 Å². The SMILES string of the molecule is O=C1C(Cl)=C(c2ccc(Cl)cc2)C(=O)N1c1cncc2ccccc12. The smallest absolute Gasteiger partial charge is 0.268 e. The minimum absolute atomic E-state index is 0.111. The number of benzene rings is 2. The molecule has 0 spiro atoms. The van der Waals surface area contributed by atoms with Crippen molar-refractivity contribution in [2.24, 2.45) is 0 Å². The molecule has 122 valence electrons. The van der Waals surface area contributed by atoms with Gasteiger partial charge in [-0.1, -0.05) is 59.6 Å². The van der Waals surface area contributed by atoms with Crippen LogP contribution in [0, 0.1) is 0 Å². The van der Waals surface area contributed by atoms with Crippen molar-refractivity contribution in [3.8, 4) is 0 Å². The molecular weight excluding hydrogens is 359 g/mol. The molecule has 0 unspecified atom stereocenters. The largest absolute Gasteiger partial charge is 0.277 e. The highest BCUT2D eigenvalue weighted by atomic mass is 35.5. The summed E-state index contributed by atoms with van der Waals surface area (Å²) in [5, 5.41) is 2.00. The lowest BCUT2D eigenvalue weighted by Crippen LogP contribution is -2.31. The third-order valence-corrected chi connectivity index (χ3v) is 4.65. The number of carbonyl (C=O) groups is 2. The zero-order valence-electron chi connectivity index (χ0n) is 12.7. The molecule has 2 aromatic carbocycles. The molecule has 2 amide bonds. The molecule has 1 aliphatic rings. The fourth-order valence-electron chi connectivity index (χ4n) is 2.87. The van der Waals surface area contributed by atoms with Crippen LogP contribution >= 0.6 is 23.2 Å². The van der Waals surface area contributed by atoms with Gasteiger partial charge in [0.1, 0.15) is 5.03 Å². The first-order chi connectivity index (χ1) is 12.1. The van der Waals surface area contributed by atoms with Gasteiger partial charge in [-0.2, -0.15) is 0 Å². The standard InChI is InChI=1S/C19H10Cl2N2O2/c20-13-7-5-11(6-8-13)16-17(21)19(25)23(18(16)24)15-10-22-9-12-3-1-2-4-14(12)15/h1-10H. The molecule has 0 saturated heterocycles. The fraction of sp³-hybridized carbons (Fsp3) is 0. The Hall–Kier alpha value is -2.69. The van der Waals surface area contributed by atoms with Crippen LogP contribution in [0.15, 0.2) is 66.0 Å². The first-order valence-electron chi connectivity index (χ1n) is 7.45. The Bertz CT molecular complexity index is 1050. The van der Waals surface area contributed by atoms with Crippen molar-refractivity contribution in [3.63, 3.8) is 0 Å². The van der Waals surface area contributed by atoms with Crippen LogP contribution in [0.5, 0.6) is 0 Å². The summed E-state index contributed by atoms with van der Waals surface area (Å²) in [5.41, 5.74) is 1.12. The second-order valence-corrected chi connectivity index (χ2v) is 6.34. The number of nitrogens with zero attached hydrogens (tertiary/aromatic N) is 2. The summed E-state index contributed by atoms with van der Waals surface area (Å²) in [6.07, 6.45) is 3.17. The van der Waals surface area contributed by atoms with E-state index in [1.165, 1.54) is 6.20 Å². The van der Waals surface area contributed by atoms with Gasteiger partial charge in [-0.25, -0.2) is 4.90 Å². The summed E-state index contributed by atoms with van der Waals surface area (Å²) in [6.45, 7) is 0. The molecule has 0 bridgehead atoms. The zero-order valence-corrected chi connectivity index (χ0v) is 14.3. The van der Waals surface area contributed by atoms with Gasteiger partial charge in [0, 0.05) is 22.0 Å². The lowest BCUT2D eigenvalue weighted by atomic mass is 10.1. The predicted molar refractivity (Wildman–Crippen MR) is 98.5 cm³/mol. The van der Waals surface area contributed by atoms with Gasteiger partial charge in [-0.15, -0.1) is 0 Å². The van der Waals surface area contributed by atoms with Crippen molar-refractivity contribution in [3.05, 3.63) is 76.5 Å². The van der Waals surface area contributed by atoms with E-state index < -0.39 is 11.8 Å². The van der Waals surface area contributed by atoms with Crippen molar-refractivity contribution in [2.45, 2.75) is 0 Å². The molecular formula is C19H10Cl2N2O2. The number of hydrogen-bond acceptors (Lipinski definition) is 3. The van der Waals surface area contributed by atoms with E-state index in [0.29, 0.717) is 16.3 Å². The van der Waals surface area contributed by atoms with E-state index in [0.717, 1.165) is 15.7 Å². The Morgan fingerprint density at radius 1 is 0.840 bits per heavy atom. The monoisotopic (exact) mass is 368 g/mol. The van der Waals surface area contributed by atoms with Crippen LogP contribution < -0.4 is 4.90 Å². The van der Waals surface area contributed by atoms with Gasteiger partial charge in [-0.3, -0.25) is 14.6 Å². The van der Waals surface area contributed by atoms with Gasteiger partial charge in [0.25, 0.3) is 11.8 Å².